The number of carbonyl (C=O) groups excluding carboxylic acids is 2. The zero-order valence-corrected chi connectivity index (χ0v) is 8.80. The van der Waals surface area contributed by atoms with Crippen molar-refractivity contribution in [3.8, 4) is 0 Å². The molecule has 2 aromatic rings. The van der Waals surface area contributed by atoms with E-state index >= 15 is 0 Å². The summed E-state index contributed by atoms with van der Waals surface area (Å²) in [7, 11) is 0. The number of ketones is 1. The zero-order valence-electron chi connectivity index (χ0n) is 8.80. The second-order valence-electron chi connectivity index (χ2n) is 3.47. The molecule has 0 bridgehead atoms. The van der Waals surface area contributed by atoms with Gasteiger partial charge in [-0.2, -0.15) is 5.10 Å². The van der Waals surface area contributed by atoms with Crippen molar-refractivity contribution in [1.29, 1.82) is 0 Å². The molecule has 0 radical (unpaired) electrons. The summed E-state index contributed by atoms with van der Waals surface area (Å²) in [5.74, 6) is -0.360. The van der Waals surface area contributed by atoms with Crippen molar-refractivity contribution in [2.75, 3.05) is 6.54 Å². The highest BCUT2D eigenvalue weighted by atomic mass is 16.2. The minimum absolute atomic E-state index is 0.0446. The summed E-state index contributed by atoms with van der Waals surface area (Å²) in [6.45, 7) is 1.47. The fraction of sp³-hybridized carbons (Fsp3) is 0.182. The van der Waals surface area contributed by atoms with Crippen molar-refractivity contribution in [2.24, 2.45) is 0 Å². The third kappa shape index (κ3) is 1.93. The number of fused-ring (bicyclic) bond motifs is 1. The molecule has 0 saturated heterocycles. The Balaban J connectivity index is 2.26. The van der Waals surface area contributed by atoms with E-state index < -0.39 is 0 Å². The molecule has 2 heterocycles. The zero-order chi connectivity index (χ0) is 11.5. The van der Waals surface area contributed by atoms with Gasteiger partial charge in [0.2, 0.25) is 0 Å². The SMILES string of the molecule is CC(=O)CNC(=O)c1cnn2ccccc12. The first-order valence-electron chi connectivity index (χ1n) is 4.88. The lowest BCUT2D eigenvalue weighted by molar-refractivity contribution is -0.116. The van der Waals surface area contributed by atoms with E-state index in [0.29, 0.717) is 5.56 Å². The highest BCUT2D eigenvalue weighted by Gasteiger charge is 2.11. The van der Waals surface area contributed by atoms with Gasteiger partial charge in [-0.3, -0.25) is 9.59 Å². The Hall–Kier alpha value is -2.17. The number of rotatable bonds is 3. The largest absolute Gasteiger partial charge is 0.345 e. The Morgan fingerprint density at radius 3 is 3.00 bits per heavy atom. The first kappa shape index (κ1) is 10.4. The quantitative estimate of drug-likeness (QED) is 0.821. The Bertz CT molecular complexity index is 545. The molecule has 0 atom stereocenters. The van der Waals surface area contributed by atoms with Crippen LogP contribution in [0, 0.1) is 0 Å². The molecule has 0 aromatic carbocycles. The lowest BCUT2D eigenvalue weighted by Gasteiger charge is -2.00. The van der Waals surface area contributed by atoms with Gasteiger partial charge < -0.3 is 5.32 Å². The lowest BCUT2D eigenvalue weighted by atomic mass is 10.2. The van der Waals surface area contributed by atoms with E-state index in [1.54, 1.807) is 16.8 Å². The number of hydrogen-bond donors (Lipinski definition) is 1. The van der Waals surface area contributed by atoms with Gasteiger partial charge in [0, 0.05) is 6.20 Å². The number of pyridine rings is 1. The van der Waals surface area contributed by atoms with E-state index in [1.165, 1.54) is 13.1 Å². The molecule has 0 fully saturated rings. The molecule has 0 saturated carbocycles. The van der Waals surface area contributed by atoms with Crippen LogP contribution >= 0.6 is 0 Å². The first-order chi connectivity index (χ1) is 7.68. The highest BCUT2D eigenvalue weighted by Crippen LogP contribution is 2.09. The molecule has 5 nitrogen and oxygen atoms in total. The molecule has 0 spiro atoms. The topological polar surface area (TPSA) is 63.5 Å². The van der Waals surface area contributed by atoms with Crippen LogP contribution in [0.4, 0.5) is 0 Å². The maximum absolute atomic E-state index is 11.7. The van der Waals surface area contributed by atoms with Gasteiger partial charge in [-0.25, -0.2) is 4.52 Å². The van der Waals surface area contributed by atoms with Crippen LogP contribution in [0.5, 0.6) is 0 Å². The van der Waals surface area contributed by atoms with Crippen molar-refractivity contribution in [3.63, 3.8) is 0 Å². The number of carbonyl (C=O) groups is 2. The Kier molecular flexibility index (Phi) is 2.68. The van der Waals surface area contributed by atoms with Crippen LogP contribution in [0.1, 0.15) is 17.3 Å². The first-order valence-corrected chi connectivity index (χ1v) is 4.88. The van der Waals surface area contributed by atoms with Gasteiger partial charge in [-0.15, -0.1) is 0 Å². The van der Waals surface area contributed by atoms with E-state index in [-0.39, 0.29) is 18.2 Å². The van der Waals surface area contributed by atoms with Crippen molar-refractivity contribution in [3.05, 3.63) is 36.2 Å². The molecule has 0 aliphatic carbocycles. The van der Waals surface area contributed by atoms with Crippen molar-refractivity contribution in [2.45, 2.75) is 6.92 Å². The molecular weight excluding hydrogens is 206 g/mol. The van der Waals surface area contributed by atoms with Gasteiger partial charge in [0.05, 0.1) is 23.8 Å². The standard InChI is InChI=1S/C11H11N3O2/c1-8(15)6-12-11(16)9-7-13-14-5-3-2-4-10(9)14/h2-5,7H,6H2,1H3,(H,12,16). The second-order valence-corrected chi connectivity index (χ2v) is 3.47. The monoisotopic (exact) mass is 217 g/mol. The maximum atomic E-state index is 11.7. The third-order valence-electron chi connectivity index (χ3n) is 2.17. The molecule has 2 aromatic heterocycles. The van der Waals surface area contributed by atoms with Gasteiger partial charge in [-0.05, 0) is 19.1 Å². The van der Waals surface area contributed by atoms with Crippen molar-refractivity contribution >= 4 is 17.2 Å². The molecule has 16 heavy (non-hydrogen) atoms. The van der Waals surface area contributed by atoms with Gasteiger partial charge >= 0.3 is 0 Å². The average Bonchev–Trinajstić information content (AvgIpc) is 2.69. The summed E-state index contributed by atoms with van der Waals surface area (Å²) in [5.41, 5.74) is 1.20. The number of aromatic nitrogens is 2. The Labute approximate surface area is 92.1 Å². The molecule has 1 N–H and O–H groups in total. The molecule has 82 valence electrons. The molecule has 2 rings (SSSR count). The normalized spacial score (nSPS) is 10.3. The van der Waals surface area contributed by atoms with Crippen LogP contribution in [0.3, 0.4) is 0 Å². The van der Waals surface area contributed by atoms with Crippen LogP contribution in [0.2, 0.25) is 0 Å². The molecule has 0 unspecified atom stereocenters. The van der Waals surface area contributed by atoms with E-state index in [0.717, 1.165) is 5.52 Å². The summed E-state index contributed by atoms with van der Waals surface area (Å²) in [5, 5.41) is 6.57. The number of amides is 1. The molecule has 0 aliphatic heterocycles. The lowest BCUT2D eigenvalue weighted by Crippen LogP contribution is -2.28. The highest BCUT2D eigenvalue weighted by molar-refractivity contribution is 6.01. The number of Topliss-reactive ketones (excluding diaryl/α,β-unsaturated/α-hetero) is 1. The Morgan fingerprint density at radius 1 is 1.44 bits per heavy atom. The van der Waals surface area contributed by atoms with Crippen LogP contribution in [0.25, 0.3) is 5.52 Å². The minimum Gasteiger partial charge on any atom is -0.345 e. The smallest absolute Gasteiger partial charge is 0.255 e. The summed E-state index contributed by atoms with van der Waals surface area (Å²) in [6, 6.07) is 5.46. The summed E-state index contributed by atoms with van der Waals surface area (Å²) in [6.07, 6.45) is 3.25. The van der Waals surface area contributed by atoms with Gasteiger partial charge in [0.1, 0.15) is 5.78 Å². The maximum Gasteiger partial charge on any atom is 0.255 e. The summed E-state index contributed by atoms with van der Waals surface area (Å²) >= 11 is 0. The second kappa shape index (κ2) is 4.14. The predicted molar refractivity (Wildman–Crippen MR) is 58.2 cm³/mol. The third-order valence-corrected chi connectivity index (χ3v) is 2.17. The average molecular weight is 217 g/mol. The van der Waals surface area contributed by atoms with E-state index in [9.17, 15) is 9.59 Å². The fourth-order valence-electron chi connectivity index (χ4n) is 1.41. The molecule has 1 amide bonds. The van der Waals surface area contributed by atoms with Crippen LogP contribution in [-0.4, -0.2) is 27.8 Å². The molecule has 5 heteroatoms. The van der Waals surface area contributed by atoms with Crippen LogP contribution in [-0.2, 0) is 4.79 Å². The Morgan fingerprint density at radius 2 is 2.25 bits per heavy atom. The van der Waals surface area contributed by atoms with Gasteiger partial charge in [-0.1, -0.05) is 6.07 Å². The van der Waals surface area contributed by atoms with E-state index in [2.05, 4.69) is 10.4 Å². The van der Waals surface area contributed by atoms with Crippen molar-refractivity contribution < 1.29 is 9.59 Å². The molecular formula is C11H11N3O2. The summed E-state index contributed by atoms with van der Waals surface area (Å²) in [4.78, 5) is 22.5. The van der Waals surface area contributed by atoms with E-state index in [4.69, 9.17) is 0 Å². The number of nitrogens with zero attached hydrogens (tertiary/aromatic N) is 2. The van der Waals surface area contributed by atoms with Crippen LogP contribution in [0.15, 0.2) is 30.6 Å². The van der Waals surface area contributed by atoms with Crippen LogP contribution < -0.4 is 5.32 Å². The number of hydrogen-bond acceptors (Lipinski definition) is 3. The summed E-state index contributed by atoms with van der Waals surface area (Å²) < 4.78 is 1.61. The van der Waals surface area contributed by atoms with Gasteiger partial charge in [0.25, 0.3) is 5.91 Å². The predicted octanol–water partition coefficient (Wildman–Crippen LogP) is 0.653. The molecule has 0 aliphatic rings. The minimum atomic E-state index is -0.281. The van der Waals surface area contributed by atoms with Gasteiger partial charge in [0.15, 0.2) is 0 Å². The van der Waals surface area contributed by atoms with Crippen molar-refractivity contribution in [1.82, 2.24) is 14.9 Å². The van der Waals surface area contributed by atoms with E-state index in [1.807, 2.05) is 12.1 Å². The number of nitrogens with one attached hydrogen (secondary N) is 1. The fourth-order valence-corrected chi connectivity index (χ4v) is 1.41.